The second-order valence-electron chi connectivity index (χ2n) is 8.56. The van der Waals surface area contributed by atoms with Crippen LogP contribution in [0.25, 0.3) is 0 Å². The summed E-state index contributed by atoms with van der Waals surface area (Å²) in [6.45, 7) is 3.72. The van der Waals surface area contributed by atoms with Crippen molar-refractivity contribution >= 4 is 11.6 Å². The first-order valence-electron chi connectivity index (χ1n) is 10.1. The summed E-state index contributed by atoms with van der Waals surface area (Å²) in [6.07, 6.45) is 4.19. The summed E-state index contributed by atoms with van der Waals surface area (Å²) in [6, 6.07) is 7.24. The lowest BCUT2D eigenvalue weighted by atomic mass is 9.75. The van der Waals surface area contributed by atoms with Crippen LogP contribution in [0.1, 0.15) is 18.5 Å². The van der Waals surface area contributed by atoms with Crippen molar-refractivity contribution < 1.29 is 19.7 Å². The number of nitrogens with one attached hydrogen (secondary N) is 3. The number of aromatic nitrogens is 3. The molecule has 0 saturated carbocycles. The Hall–Kier alpha value is -2.45. The molecule has 0 aliphatic carbocycles. The van der Waals surface area contributed by atoms with Crippen LogP contribution in [0.5, 0.6) is 5.75 Å². The fourth-order valence-corrected chi connectivity index (χ4v) is 4.73. The lowest BCUT2D eigenvalue weighted by Gasteiger charge is -2.46. The van der Waals surface area contributed by atoms with E-state index in [0.29, 0.717) is 17.6 Å². The number of amides is 1. The standard InChI is InChI=1S/C20H28N6O2/c1-24(2)10-16-11-26(23-22-16)12-17-8-14-6-7-25(17)13-19(14)20(28)21-15-4-3-5-18(27)9-15/h3-5,9,11,14,17,19,27H,6-8,10,12-13H2,1-2H3,(H,21,28)/p+2/t14-,17+,19-/m0/s1. The van der Waals surface area contributed by atoms with Gasteiger partial charge in [-0.05, 0) is 18.1 Å². The molecule has 4 heterocycles. The number of anilines is 1. The third-order valence-electron chi connectivity index (χ3n) is 6.03. The minimum absolute atomic E-state index is 0.0333. The van der Waals surface area contributed by atoms with Crippen LogP contribution in [0.2, 0.25) is 0 Å². The number of hydrogen-bond donors (Lipinski definition) is 4. The zero-order valence-electron chi connectivity index (χ0n) is 16.6. The van der Waals surface area contributed by atoms with Gasteiger partial charge in [0.25, 0.3) is 0 Å². The topological polar surface area (TPSA) is 88.9 Å². The minimum Gasteiger partial charge on any atom is -0.508 e. The van der Waals surface area contributed by atoms with Crippen molar-refractivity contribution in [2.24, 2.45) is 11.8 Å². The van der Waals surface area contributed by atoms with Crippen LogP contribution in [0.3, 0.4) is 0 Å². The van der Waals surface area contributed by atoms with Crippen LogP contribution in [0.15, 0.2) is 30.5 Å². The lowest BCUT2D eigenvalue weighted by Crippen LogP contribution is -3.20. The van der Waals surface area contributed by atoms with E-state index in [9.17, 15) is 9.90 Å². The number of carbonyl (C=O) groups excluding carboxylic acids is 1. The van der Waals surface area contributed by atoms with E-state index in [0.717, 1.165) is 44.7 Å². The van der Waals surface area contributed by atoms with Crippen molar-refractivity contribution in [1.82, 2.24) is 15.0 Å². The number of fused-ring (bicyclic) bond motifs is 3. The van der Waals surface area contributed by atoms with E-state index in [1.54, 1.807) is 18.2 Å². The average molecular weight is 386 g/mol. The summed E-state index contributed by atoms with van der Waals surface area (Å²) in [4.78, 5) is 15.6. The van der Waals surface area contributed by atoms with E-state index >= 15 is 0 Å². The number of hydrogen-bond acceptors (Lipinski definition) is 4. The molecule has 8 nitrogen and oxygen atoms in total. The fourth-order valence-electron chi connectivity index (χ4n) is 4.73. The van der Waals surface area contributed by atoms with Crippen LogP contribution < -0.4 is 15.1 Å². The monoisotopic (exact) mass is 386 g/mol. The number of aromatic hydroxyl groups is 1. The molecule has 4 atom stereocenters. The average Bonchev–Trinajstić information content (AvgIpc) is 3.08. The highest BCUT2D eigenvalue weighted by Crippen LogP contribution is 2.29. The van der Waals surface area contributed by atoms with Gasteiger partial charge in [-0.1, -0.05) is 11.3 Å². The van der Waals surface area contributed by atoms with Gasteiger partial charge in [-0.25, -0.2) is 4.68 Å². The fraction of sp³-hybridized carbons (Fsp3) is 0.550. The molecule has 0 radical (unpaired) electrons. The molecule has 1 unspecified atom stereocenters. The summed E-state index contributed by atoms with van der Waals surface area (Å²) >= 11 is 0. The van der Waals surface area contributed by atoms with E-state index in [2.05, 4.69) is 35.9 Å². The van der Waals surface area contributed by atoms with E-state index in [1.807, 2.05) is 10.7 Å². The highest BCUT2D eigenvalue weighted by molar-refractivity contribution is 5.93. The van der Waals surface area contributed by atoms with Gasteiger partial charge in [0.1, 0.15) is 24.0 Å². The van der Waals surface area contributed by atoms with Gasteiger partial charge in [0.05, 0.1) is 45.8 Å². The second-order valence-corrected chi connectivity index (χ2v) is 8.56. The maximum atomic E-state index is 12.8. The quantitative estimate of drug-likeness (QED) is 0.490. The zero-order chi connectivity index (χ0) is 19.7. The van der Waals surface area contributed by atoms with Gasteiger partial charge < -0.3 is 20.2 Å². The number of phenols is 1. The summed E-state index contributed by atoms with van der Waals surface area (Å²) < 4.78 is 1.97. The Bertz CT molecular complexity index is 836. The normalized spacial score (nSPS) is 26.5. The predicted octanol–water partition coefficient (Wildman–Crippen LogP) is -1.44. The van der Waals surface area contributed by atoms with Gasteiger partial charge >= 0.3 is 0 Å². The third kappa shape index (κ3) is 4.18. The molecule has 1 aromatic heterocycles. The molecule has 3 fully saturated rings. The highest BCUT2D eigenvalue weighted by Gasteiger charge is 2.46. The number of benzene rings is 1. The molecule has 2 bridgehead atoms. The Kier molecular flexibility index (Phi) is 5.32. The summed E-state index contributed by atoms with van der Waals surface area (Å²) in [5.41, 5.74) is 1.68. The van der Waals surface area contributed by atoms with Crippen molar-refractivity contribution in [2.45, 2.75) is 32.0 Å². The number of carbonyl (C=O) groups is 1. The molecule has 3 aliphatic heterocycles. The van der Waals surface area contributed by atoms with Gasteiger partial charge in [0.2, 0.25) is 5.91 Å². The molecule has 5 rings (SSSR count). The second kappa shape index (κ2) is 7.89. The van der Waals surface area contributed by atoms with Gasteiger partial charge in [-0.15, -0.1) is 5.10 Å². The van der Waals surface area contributed by atoms with Crippen molar-refractivity contribution in [2.75, 3.05) is 32.5 Å². The molecule has 8 heteroatoms. The van der Waals surface area contributed by atoms with Crippen LogP contribution in [0, 0.1) is 11.8 Å². The largest absolute Gasteiger partial charge is 0.508 e. The first-order chi connectivity index (χ1) is 13.5. The maximum absolute atomic E-state index is 12.8. The Balaban J connectivity index is 1.36. The van der Waals surface area contributed by atoms with Crippen LogP contribution in [-0.2, 0) is 17.9 Å². The van der Waals surface area contributed by atoms with Gasteiger partial charge in [-0.2, -0.15) is 0 Å². The molecule has 3 aliphatic rings. The molecular weight excluding hydrogens is 356 g/mol. The lowest BCUT2D eigenvalue weighted by molar-refractivity contribution is -0.945. The Morgan fingerprint density at radius 3 is 3.00 bits per heavy atom. The van der Waals surface area contributed by atoms with Crippen LogP contribution >= 0.6 is 0 Å². The molecule has 4 N–H and O–H groups in total. The maximum Gasteiger partial charge on any atom is 0.233 e. The van der Waals surface area contributed by atoms with Crippen molar-refractivity contribution in [1.29, 1.82) is 0 Å². The molecule has 3 saturated heterocycles. The smallest absolute Gasteiger partial charge is 0.233 e. The SMILES string of the molecule is C[NH+](C)Cc1cn(C[C@H]2C[C@@H]3CC[NH+]2C[C@@H]3C(=O)Nc2cccc(O)c2)nn1. The Morgan fingerprint density at radius 1 is 1.43 bits per heavy atom. The number of piperidine rings is 3. The van der Waals surface area contributed by atoms with Gasteiger partial charge in [-0.3, -0.25) is 4.79 Å². The number of nitrogens with zero attached hydrogens (tertiary/aromatic N) is 3. The molecule has 2 aromatic rings. The Labute approximate surface area is 165 Å². The minimum atomic E-state index is 0.0333. The summed E-state index contributed by atoms with van der Waals surface area (Å²) in [7, 11) is 4.22. The van der Waals surface area contributed by atoms with E-state index in [1.165, 1.54) is 9.80 Å². The van der Waals surface area contributed by atoms with E-state index < -0.39 is 0 Å². The number of phenolic OH excluding ortho intramolecular Hbond substituents is 1. The molecule has 1 amide bonds. The zero-order valence-corrected chi connectivity index (χ0v) is 16.6. The molecule has 0 spiro atoms. The number of quaternary nitrogens is 2. The first kappa shape index (κ1) is 18.9. The van der Waals surface area contributed by atoms with E-state index in [4.69, 9.17) is 0 Å². The molecule has 28 heavy (non-hydrogen) atoms. The van der Waals surface area contributed by atoms with Crippen LogP contribution in [0.4, 0.5) is 5.69 Å². The molecule has 150 valence electrons. The summed E-state index contributed by atoms with van der Waals surface area (Å²) in [5.74, 6) is 0.684. The highest BCUT2D eigenvalue weighted by atomic mass is 16.3. The van der Waals surface area contributed by atoms with Crippen molar-refractivity contribution in [3.63, 3.8) is 0 Å². The van der Waals surface area contributed by atoms with E-state index in [-0.39, 0.29) is 17.6 Å². The van der Waals surface area contributed by atoms with Crippen LogP contribution in [-0.4, -0.2) is 59.2 Å². The predicted molar refractivity (Wildman–Crippen MR) is 104 cm³/mol. The Morgan fingerprint density at radius 2 is 2.29 bits per heavy atom. The first-order valence-corrected chi connectivity index (χ1v) is 10.1. The van der Waals surface area contributed by atoms with Gasteiger partial charge in [0.15, 0.2) is 0 Å². The number of rotatable bonds is 6. The van der Waals surface area contributed by atoms with Gasteiger partial charge in [0, 0.05) is 24.6 Å². The molecular formula is C20H30N6O2+2. The third-order valence-corrected chi connectivity index (χ3v) is 6.03. The van der Waals surface area contributed by atoms with Crippen molar-refractivity contribution in [3.8, 4) is 5.75 Å². The van der Waals surface area contributed by atoms with Crippen molar-refractivity contribution in [3.05, 3.63) is 36.2 Å². The summed E-state index contributed by atoms with van der Waals surface area (Å²) in [5, 5.41) is 21.2. The molecule has 1 aromatic carbocycles.